The number of anilines is 1. The Labute approximate surface area is 288 Å². The summed E-state index contributed by atoms with van der Waals surface area (Å²) >= 11 is 7.16. The lowest BCUT2D eigenvalue weighted by atomic mass is 9.96. The second-order valence-corrected chi connectivity index (χ2v) is 12.8. The fourth-order valence-corrected chi connectivity index (χ4v) is 6.87. The van der Waals surface area contributed by atoms with Crippen LogP contribution in [0.5, 0.6) is 5.88 Å². The molecule has 0 radical (unpaired) electrons. The van der Waals surface area contributed by atoms with Crippen molar-refractivity contribution in [2.24, 2.45) is 14.1 Å². The highest BCUT2D eigenvalue weighted by molar-refractivity contribution is 6.36. The number of halogens is 1. The number of hydrogen-bond acceptors (Lipinski definition) is 8. The molecule has 1 aliphatic carbocycles. The fraction of sp³-hybridized carbons (Fsp3) is 0.361. The van der Waals surface area contributed by atoms with Gasteiger partial charge in [-0.3, -0.25) is 19.0 Å². The number of nitrogens with zero attached hydrogens (tertiary/aromatic N) is 3. The molecule has 2 aromatic heterocycles. The van der Waals surface area contributed by atoms with E-state index in [2.05, 4.69) is 22.0 Å². The van der Waals surface area contributed by atoms with Crippen LogP contribution in [-0.2, 0) is 30.0 Å². The highest BCUT2D eigenvalue weighted by Crippen LogP contribution is 2.43. The van der Waals surface area contributed by atoms with Crippen molar-refractivity contribution in [2.75, 3.05) is 32.2 Å². The molecule has 1 aliphatic heterocycles. The standard InChI is InChI=1S/C36H39ClN6O6/c1-20-23(7-6-10-27(20)40-33(45)26-19-42(2)36(47)43(3)35(26)46)24-8-5-9-25(32(24)37)29-17-21-11-13-28(38-18-22-12-14-30(44)39-22)31(21)34(41-29)49-16-15-48-4/h5-10,17,19,22,28,38H,11-16,18H2,1-4H3,(H,39,44)(H,40,45)/t22-,28+/m0/s1. The number of carbonyl (C=O) groups is 2. The molecular weight excluding hydrogens is 648 g/mol. The maximum atomic E-state index is 13.2. The SMILES string of the molecule is COCCOc1nc(-c2cccc(-c3cccc(NC(=O)c4cn(C)c(=O)n(C)c4=O)c3C)c2Cl)cc2c1[C@H](NC[C@@H]1CCC(=O)N1)CC2. The van der Waals surface area contributed by atoms with Crippen molar-refractivity contribution in [3.05, 3.63) is 96.8 Å². The molecule has 1 saturated heterocycles. The Bertz CT molecular complexity index is 2060. The van der Waals surface area contributed by atoms with E-state index in [1.807, 2.05) is 31.2 Å². The van der Waals surface area contributed by atoms with Gasteiger partial charge in [-0.25, -0.2) is 9.78 Å². The third kappa shape index (κ3) is 6.89. The average molecular weight is 687 g/mol. The number of aromatic nitrogens is 3. The largest absolute Gasteiger partial charge is 0.475 e. The first kappa shape index (κ1) is 34.1. The van der Waals surface area contributed by atoms with Crippen molar-refractivity contribution in [3.8, 4) is 28.3 Å². The first-order valence-electron chi connectivity index (χ1n) is 16.2. The van der Waals surface area contributed by atoms with Crippen LogP contribution in [0.2, 0.25) is 5.02 Å². The van der Waals surface area contributed by atoms with E-state index in [0.717, 1.165) is 57.2 Å². The Morgan fingerprint density at radius 1 is 1.04 bits per heavy atom. The summed E-state index contributed by atoms with van der Waals surface area (Å²) in [5.74, 6) is -0.00459. The van der Waals surface area contributed by atoms with Gasteiger partial charge in [0.1, 0.15) is 12.2 Å². The highest BCUT2D eigenvalue weighted by atomic mass is 35.5. The Morgan fingerprint density at radius 3 is 2.55 bits per heavy atom. The molecule has 0 bridgehead atoms. The van der Waals surface area contributed by atoms with Crippen LogP contribution < -0.4 is 31.9 Å². The molecule has 1 fully saturated rings. The molecule has 2 aromatic carbocycles. The van der Waals surface area contributed by atoms with Gasteiger partial charge in [0.15, 0.2) is 0 Å². The summed E-state index contributed by atoms with van der Waals surface area (Å²) < 4.78 is 13.5. The summed E-state index contributed by atoms with van der Waals surface area (Å²) in [4.78, 5) is 54.7. The molecule has 2 atom stereocenters. The highest BCUT2D eigenvalue weighted by Gasteiger charge is 2.31. The molecule has 2 amide bonds. The average Bonchev–Trinajstić information content (AvgIpc) is 3.71. The molecule has 0 unspecified atom stereocenters. The van der Waals surface area contributed by atoms with Crippen molar-refractivity contribution >= 4 is 29.1 Å². The van der Waals surface area contributed by atoms with Crippen LogP contribution in [0.3, 0.4) is 0 Å². The predicted molar refractivity (Wildman–Crippen MR) is 187 cm³/mol. The number of amides is 2. The zero-order valence-corrected chi connectivity index (χ0v) is 28.6. The molecule has 6 rings (SSSR count). The number of benzene rings is 2. The quantitative estimate of drug-likeness (QED) is 0.202. The summed E-state index contributed by atoms with van der Waals surface area (Å²) in [5, 5.41) is 9.97. The first-order chi connectivity index (χ1) is 23.6. The van der Waals surface area contributed by atoms with Crippen molar-refractivity contribution in [1.82, 2.24) is 24.8 Å². The Balaban J connectivity index is 1.31. The smallest absolute Gasteiger partial charge is 0.330 e. The number of aryl methyl sites for hydroxylation is 2. The predicted octanol–water partition coefficient (Wildman–Crippen LogP) is 3.91. The van der Waals surface area contributed by atoms with E-state index in [1.54, 1.807) is 19.2 Å². The van der Waals surface area contributed by atoms with Crippen molar-refractivity contribution in [1.29, 1.82) is 0 Å². The first-order valence-corrected chi connectivity index (χ1v) is 16.6. The van der Waals surface area contributed by atoms with Crippen LogP contribution in [0, 0.1) is 6.92 Å². The zero-order chi connectivity index (χ0) is 34.8. The Hall–Kier alpha value is -4.78. The van der Waals surface area contributed by atoms with Crippen LogP contribution in [-0.4, -0.2) is 58.8 Å². The number of methoxy groups -OCH3 is 1. The molecule has 49 heavy (non-hydrogen) atoms. The lowest BCUT2D eigenvalue weighted by Crippen LogP contribution is -2.40. The number of ether oxygens (including phenoxy) is 2. The van der Waals surface area contributed by atoms with Crippen LogP contribution in [0.1, 0.15) is 52.4 Å². The zero-order valence-electron chi connectivity index (χ0n) is 27.9. The second-order valence-electron chi connectivity index (χ2n) is 12.4. The van der Waals surface area contributed by atoms with Gasteiger partial charge < -0.3 is 30.0 Å². The minimum absolute atomic E-state index is 0.0370. The molecule has 0 spiro atoms. The summed E-state index contributed by atoms with van der Waals surface area (Å²) in [7, 11) is 4.44. The van der Waals surface area contributed by atoms with E-state index in [9.17, 15) is 19.2 Å². The van der Waals surface area contributed by atoms with Gasteiger partial charge in [-0.1, -0.05) is 41.9 Å². The van der Waals surface area contributed by atoms with E-state index >= 15 is 0 Å². The molecule has 3 N–H and O–H groups in total. The lowest BCUT2D eigenvalue weighted by Gasteiger charge is -2.20. The summed E-state index contributed by atoms with van der Waals surface area (Å²) in [6, 6.07) is 13.4. The monoisotopic (exact) mass is 686 g/mol. The summed E-state index contributed by atoms with van der Waals surface area (Å²) in [5.41, 5.74) is 4.97. The maximum Gasteiger partial charge on any atom is 0.330 e. The number of carbonyl (C=O) groups excluding carboxylic acids is 2. The van der Waals surface area contributed by atoms with Crippen LogP contribution in [0.15, 0.2) is 58.3 Å². The van der Waals surface area contributed by atoms with E-state index in [0.29, 0.717) is 48.5 Å². The van der Waals surface area contributed by atoms with Crippen LogP contribution in [0.25, 0.3) is 22.4 Å². The fourth-order valence-electron chi connectivity index (χ4n) is 6.55. The van der Waals surface area contributed by atoms with Crippen molar-refractivity contribution < 1.29 is 19.1 Å². The Kier molecular flexibility index (Phi) is 10.00. The summed E-state index contributed by atoms with van der Waals surface area (Å²) in [6.07, 6.45) is 4.32. The van der Waals surface area contributed by atoms with Crippen LogP contribution >= 0.6 is 11.6 Å². The normalized spacial score (nSPS) is 16.8. The molecule has 3 heterocycles. The third-order valence-electron chi connectivity index (χ3n) is 9.22. The summed E-state index contributed by atoms with van der Waals surface area (Å²) in [6.45, 7) is 3.28. The van der Waals surface area contributed by atoms with Crippen molar-refractivity contribution in [3.63, 3.8) is 0 Å². The van der Waals surface area contributed by atoms with E-state index in [1.165, 1.54) is 24.9 Å². The van der Waals surface area contributed by atoms with Crippen LogP contribution in [0.4, 0.5) is 5.69 Å². The van der Waals surface area contributed by atoms with E-state index in [4.69, 9.17) is 26.1 Å². The van der Waals surface area contributed by atoms with Gasteiger partial charge in [0.2, 0.25) is 11.8 Å². The number of pyridine rings is 1. The van der Waals surface area contributed by atoms with Crippen molar-refractivity contribution in [2.45, 2.75) is 44.7 Å². The van der Waals surface area contributed by atoms with E-state index in [-0.39, 0.29) is 23.6 Å². The minimum Gasteiger partial charge on any atom is -0.475 e. The Morgan fingerprint density at radius 2 is 1.80 bits per heavy atom. The molecule has 13 heteroatoms. The van der Waals surface area contributed by atoms with Gasteiger partial charge in [0.25, 0.3) is 11.5 Å². The third-order valence-corrected chi connectivity index (χ3v) is 9.63. The number of fused-ring (bicyclic) bond motifs is 1. The lowest BCUT2D eigenvalue weighted by molar-refractivity contribution is -0.119. The molecule has 4 aromatic rings. The van der Waals surface area contributed by atoms with Gasteiger partial charge in [-0.05, 0) is 55.0 Å². The number of nitrogens with one attached hydrogen (secondary N) is 3. The van der Waals surface area contributed by atoms with Gasteiger partial charge in [-0.15, -0.1) is 0 Å². The number of hydrogen-bond donors (Lipinski definition) is 3. The minimum atomic E-state index is -0.679. The molecule has 12 nitrogen and oxygen atoms in total. The second kappa shape index (κ2) is 14.4. The van der Waals surface area contributed by atoms with Gasteiger partial charge >= 0.3 is 5.69 Å². The topological polar surface area (TPSA) is 146 Å². The maximum absolute atomic E-state index is 13.2. The van der Waals surface area contributed by atoms with E-state index < -0.39 is 17.2 Å². The van der Waals surface area contributed by atoms with Gasteiger partial charge in [0.05, 0.1) is 17.3 Å². The van der Waals surface area contributed by atoms with Gasteiger partial charge in [0, 0.05) is 74.8 Å². The molecular formula is C36H39ClN6O6. The molecule has 0 saturated carbocycles. The number of rotatable bonds is 11. The molecule has 2 aliphatic rings. The van der Waals surface area contributed by atoms with Gasteiger partial charge in [-0.2, -0.15) is 0 Å². The molecule has 256 valence electrons.